The van der Waals surface area contributed by atoms with E-state index in [2.05, 4.69) is 10.5 Å². The van der Waals surface area contributed by atoms with Gasteiger partial charge in [-0.25, -0.2) is 9.69 Å². The van der Waals surface area contributed by atoms with Crippen molar-refractivity contribution in [3.8, 4) is 16.9 Å². The molecule has 2 aromatic carbocycles. The summed E-state index contributed by atoms with van der Waals surface area (Å²) in [5.41, 5.74) is 7.63. The number of rotatable bonds is 4. The molecule has 1 aliphatic rings. The van der Waals surface area contributed by atoms with Gasteiger partial charge in [-0.05, 0) is 32.0 Å². The number of carbonyl (C=O) groups excluding carboxylic acids is 1. The summed E-state index contributed by atoms with van der Waals surface area (Å²) in [4.78, 5) is 13.0. The van der Waals surface area contributed by atoms with Crippen molar-refractivity contribution in [2.24, 2.45) is 0 Å². The van der Waals surface area contributed by atoms with Crippen LogP contribution in [0.15, 0.2) is 42.5 Å². The fraction of sp³-hybridized carbons (Fsp3) is 0.273. The standard InChI is InChI=1S/C22H22Cl2N4O2/c1-14-3-5-16(6-4-14)21-15(2)20(22(29)26-27-9-11-30-12-10-27)25-28(21)19-8-7-17(23)13-18(19)24/h3-8,13H,9-12H2,1-2H3,(H,26,29). The third-order valence-corrected chi connectivity index (χ3v) is 5.61. The highest BCUT2D eigenvalue weighted by atomic mass is 35.5. The van der Waals surface area contributed by atoms with Crippen molar-refractivity contribution in [1.82, 2.24) is 20.2 Å². The molecule has 1 aliphatic heterocycles. The minimum Gasteiger partial charge on any atom is -0.379 e. The number of amides is 1. The first-order valence-corrected chi connectivity index (χ1v) is 10.5. The molecule has 6 nitrogen and oxygen atoms in total. The lowest BCUT2D eigenvalue weighted by atomic mass is 10.0. The topological polar surface area (TPSA) is 59.4 Å². The zero-order valence-corrected chi connectivity index (χ0v) is 18.3. The summed E-state index contributed by atoms with van der Waals surface area (Å²) in [5.74, 6) is -0.258. The molecule has 2 heterocycles. The Balaban J connectivity index is 1.80. The Bertz CT molecular complexity index is 1070. The number of aromatic nitrogens is 2. The van der Waals surface area contributed by atoms with Crippen LogP contribution in [-0.4, -0.2) is 47.0 Å². The van der Waals surface area contributed by atoms with E-state index in [4.69, 9.17) is 27.9 Å². The molecule has 156 valence electrons. The number of carbonyl (C=O) groups is 1. The molecule has 1 N–H and O–H groups in total. The Hall–Kier alpha value is -2.38. The van der Waals surface area contributed by atoms with E-state index in [9.17, 15) is 4.79 Å². The molecule has 0 radical (unpaired) electrons. The molecule has 30 heavy (non-hydrogen) atoms. The van der Waals surface area contributed by atoms with E-state index >= 15 is 0 Å². The average molecular weight is 445 g/mol. The second-order valence-electron chi connectivity index (χ2n) is 7.24. The van der Waals surface area contributed by atoms with Crippen LogP contribution in [0.3, 0.4) is 0 Å². The van der Waals surface area contributed by atoms with Crippen molar-refractivity contribution in [2.75, 3.05) is 26.3 Å². The molecule has 1 saturated heterocycles. The fourth-order valence-corrected chi connectivity index (χ4v) is 3.95. The smallest absolute Gasteiger partial charge is 0.286 e. The largest absolute Gasteiger partial charge is 0.379 e. The SMILES string of the molecule is Cc1ccc(-c2c(C)c(C(=O)NN3CCOCC3)nn2-c2ccc(Cl)cc2Cl)cc1. The van der Waals surface area contributed by atoms with Crippen LogP contribution in [0.1, 0.15) is 21.6 Å². The molecule has 0 aliphatic carbocycles. The number of benzene rings is 2. The zero-order chi connectivity index (χ0) is 21.3. The number of ether oxygens (including phenoxy) is 1. The highest BCUT2D eigenvalue weighted by molar-refractivity contribution is 6.35. The Morgan fingerprint density at radius 1 is 1.07 bits per heavy atom. The van der Waals surface area contributed by atoms with Gasteiger partial charge in [0.15, 0.2) is 5.69 Å². The number of aryl methyl sites for hydroxylation is 1. The third kappa shape index (κ3) is 4.23. The predicted octanol–water partition coefficient (Wildman–Crippen LogP) is 4.44. The molecular weight excluding hydrogens is 423 g/mol. The molecular formula is C22H22Cl2N4O2. The highest BCUT2D eigenvalue weighted by Gasteiger charge is 2.24. The Morgan fingerprint density at radius 2 is 1.77 bits per heavy atom. The van der Waals surface area contributed by atoms with Crippen molar-refractivity contribution in [3.63, 3.8) is 0 Å². The van der Waals surface area contributed by atoms with E-state index < -0.39 is 0 Å². The van der Waals surface area contributed by atoms with Gasteiger partial charge in [0.25, 0.3) is 5.91 Å². The van der Waals surface area contributed by atoms with Gasteiger partial charge in [-0.3, -0.25) is 10.2 Å². The van der Waals surface area contributed by atoms with Gasteiger partial charge in [0.2, 0.25) is 0 Å². The number of hydrazine groups is 1. The van der Waals surface area contributed by atoms with Crippen molar-refractivity contribution >= 4 is 29.1 Å². The molecule has 1 aromatic heterocycles. The summed E-state index contributed by atoms with van der Waals surface area (Å²) in [7, 11) is 0. The second-order valence-corrected chi connectivity index (χ2v) is 8.08. The molecule has 1 fully saturated rings. The maximum absolute atomic E-state index is 13.0. The predicted molar refractivity (Wildman–Crippen MR) is 118 cm³/mol. The van der Waals surface area contributed by atoms with Crippen molar-refractivity contribution in [3.05, 3.63) is 69.3 Å². The summed E-state index contributed by atoms with van der Waals surface area (Å²) in [6, 6.07) is 13.3. The molecule has 0 spiro atoms. The van der Waals surface area contributed by atoms with Crippen molar-refractivity contribution in [1.29, 1.82) is 0 Å². The Kier molecular flexibility index (Phi) is 6.11. The Labute approximate surface area is 185 Å². The van der Waals surface area contributed by atoms with E-state index in [1.165, 1.54) is 0 Å². The van der Waals surface area contributed by atoms with Crippen LogP contribution in [0.2, 0.25) is 10.0 Å². The summed E-state index contributed by atoms with van der Waals surface area (Å²) in [6.45, 7) is 6.38. The summed E-state index contributed by atoms with van der Waals surface area (Å²) in [6.07, 6.45) is 0. The molecule has 4 rings (SSSR count). The summed E-state index contributed by atoms with van der Waals surface area (Å²) >= 11 is 12.6. The third-order valence-electron chi connectivity index (χ3n) is 5.07. The van der Waals surface area contributed by atoms with Gasteiger partial charge in [-0.1, -0.05) is 53.0 Å². The van der Waals surface area contributed by atoms with Crippen LogP contribution in [0.4, 0.5) is 0 Å². The first kappa shape index (κ1) is 20.9. The van der Waals surface area contributed by atoms with E-state index in [-0.39, 0.29) is 5.91 Å². The van der Waals surface area contributed by atoms with Gasteiger partial charge in [0, 0.05) is 29.2 Å². The lowest BCUT2D eigenvalue weighted by molar-refractivity contribution is 0.0124. The van der Waals surface area contributed by atoms with Crippen LogP contribution < -0.4 is 5.43 Å². The number of halogens is 2. The van der Waals surface area contributed by atoms with Crippen LogP contribution >= 0.6 is 23.2 Å². The average Bonchev–Trinajstić information content (AvgIpc) is 3.06. The lowest BCUT2D eigenvalue weighted by Crippen LogP contribution is -2.48. The van der Waals surface area contributed by atoms with Gasteiger partial charge in [-0.15, -0.1) is 0 Å². The molecule has 0 unspecified atom stereocenters. The van der Waals surface area contributed by atoms with Crippen LogP contribution in [-0.2, 0) is 4.74 Å². The van der Waals surface area contributed by atoms with Crippen molar-refractivity contribution in [2.45, 2.75) is 13.8 Å². The monoisotopic (exact) mass is 444 g/mol. The molecule has 8 heteroatoms. The number of nitrogens with zero attached hydrogens (tertiary/aromatic N) is 3. The fourth-order valence-electron chi connectivity index (χ4n) is 3.46. The number of morpholine rings is 1. The van der Waals surface area contributed by atoms with Gasteiger partial charge in [0.1, 0.15) is 0 Å². The maximum Gasteiger partial charge on any atom is 0.286 e. The van der Waals surface area contributed by atoms with E-state index in [0.29, 0.717) is 47.7 Å². The molecule has 0 atom stereocenters. The first-order chi connectivity index (χ1) is 14.4. The first-order valence-electron chi connectivity index (χ1n) is 9.70. The maximum atomic E-state index is 13.0. The number of hydrogen-bond acceptors (Lipinski definition) is 4. The lowest BCUT2D eigenvalue weighted by Gasteiger charge is -2.26. The molecule has 0 bridgehead atoms. The van der Waals surface area contributed by atoms with E-state index in [0.717, 1.165) is 22.4 Å². The van der Waals surface area contributed by atoms with Gasteiger partial charge in [0.05, 0.1) is 29.6 Å². The minimum atomic E-state index is -0.258. The minimum absolute atomic E-state index is 0.258. The summed E-state index contributed by atoms with van der Waals surface area (Å²) < 4.78 is 7.06. The molecule has 1 amide bonds. The van der Waals surface area contributed by atoms with Crippen molar-refractivity contribution < 1.29 is 9.53 Å². The number of hydrogen-bond donors (Lipinski definition) is 1. The Morgan fingerprint density at radius 3 is 2.43 bits per heavy atom. The van der Waals surface area contributed by atoms with Crippen LogP contribution in [0.5, 0.6) is 0 Å². The highest BCUT2D eigenvalue weighted by Crippen LogP contribution is 2.32. The zero-order valence-electron chi connectivity index (χ0n) is 16.8. The van der Waals surface area contributed by atoms with E-state index in [1.807, 2.05) is 43.1 Å². The molecule has 3 aromatic rings. The normalized spacial score (nSPS) is 14.7. The molecule has 0 saturated carbocycles. The van der Waals surface area contributed by atoms with Crippen LogP contribution in [0.25, 0.3) is 16.9 Å². The van der Waals surface area contributed by atoms with Gasteiger partial charge < -0.3 is 4.74 Å². The van der Waals surface area contributed by atoms with Gasteiger partial charge >= 0.3 is 0 Å². The van der Waals surface area contributed by atoms with Gasteiger partial charge in [-0.2, -0.15) is 5.10 Å². The quantitative estimate of drug-likeness (QED) is 0.645. The summed E-state index contributed by atoms with van der Waals surface area (Å²) in [5, 5.41) is 7.50. The second kappa shape index (κ2) is 8.78. The van der Waals surface area contributed by atoms with E-state index in [1.54, 1.807) is 22.9 Å². The van der Waals surface area contributed by atoms with Crippen LogP contribution in [0, 0.1) is 13.8 Å². The number of nitrogens with one attached hydrogen (secondary N) is 1.